The number of thiocarbonyl (C=S) groups is 1. The molecule has 0 fully saturated rings. The molecule has 2 nitrogen and oxygen atoms in total. The van der Waals surface area contributed by atoms with Gasteiger partial charge in [0.1, 0.15) is 11.1 Å². The maximum Gasteiger partial charge on any atom is 0.103 e. The van der Waals surface area contributed by atoms with Crippen LogP contribution < -0.4 is 5.73 Å². The van der Waals surface area contributed by atoms with Crippen LogP contribution in [0.3, 0.4) is 0 Å². The third kappa shape index (κ3) is 2.53. The highest BCUT2D eigenvalue weighted by Crippen LogP contribution is 1.87. The van der Waals surface area contributed by atoms with Crippen LogP contribution >= 0.6 is 12.2 Å². The van der Waals surface area contributed by atoms with E-state index in [4.69, 9.17) is 10.8 Å². The van der Waals surface area contributed by atoms with Crippen molar-refractivity contribution in [2.24, 2.45) is 5.73 Å². The molecule has 3 N–H and O–H groups in total. The first-order chi connectivity index (χ1) is 3.18. The number of rotatable bonds is 2. The molecule has 0 radical (unpaired) electrons. The average molecular weight is 119 g/mol. The van der Waals surface area contributed by atoms with E-state index < -0.39 is 6.10 Å². The molecule has 0 aromatic carbocycles. The highest BCUT2D eigenvalue weighted by molar-refractivity contribution is 7.80. The molecule has 0 aromatic heterocycles. The summed E-state index contributed by atoms with van der Waals surface area (Å²) >= 11 is 4.45. The van der Waals surface area contributed by atoms with Gasteiger partial charge in [-0.3, -0.25) is 0 Å². The second kappa shape index (κ2) is 2.93. The lowest BCUT2D eigenvalue weighted by Gasteiger charge is -2.01. The Morgan fingerprint density at radius 3 is 2.43 bits per heavy atom. The van der Waals surface area contributed by atoms with E-state index in [1.807, 2.05) is 6.92 Å². The lowest BCUT2D eigenvalue weighted by molar-refractivity contribution is 0.238. The highest BCUT2D eigenvalue weighted by atomic mass is 32.1. The van der Waals surface area contributed by atoms with Crippen molar-refractivity contribution in [2.45, 2.75) is 19.4 Å². The van der Waals surface area contributed by atoms with Crippen molar-refractivity contribution in [1.29, 1.82) is 0 Å². The molecule has 0 bridgehead atoms. The minimum atomic E-state index is -0.588. The summed E-state index contributed by atoms with van der Waals surface area (Å²) in [6.07, 6.45) is 0.0185. The van der Waals surface area contributed by atoms with Crippen molar-refractivity contribution in [3.63, 3.8) is 0 Å². The Bertz CT molecular complexity index is 74.1. The Morgan fingerprint density at radius 1 is 2.00 bits per heavy atom. The van der Waals surface area contributed by atoms with Crippen LogP contribution in [0.15, 0.2) is 0 Å². The van der Waals surface area contributed by atoms with Gasteiger partial charge < -0.3 is 10.8 Å². The van der Waals surface area contributed by atoms with E-state index in [1.165, 1.54) is 0 Å². The normalized spacial score (nSPS) is 13.4. The zero-order valence-corrected chi connectivity index (χ0v) is 5.03. The van der Waals surface area contributed by atoms with Crippen LogP contribution in [0.25, 0.3) is 0 Å². The molecule has 0 aliphatic heterocycles. The van der Waals surface area contributed by atoms with Crippen LogP contribution in [-0.4, -0.2) is 16.2 Å². The van der Waals surface area contributed by atoms with Gasteiger partial charge in [0.2, 0.25) is 0 Å². The SMILES string of the molecule is CC[C@H](O)C(N)=S. The molecule has 0 saturated heterocycles. The van der Waals surface area contributed by atoms with Crippen molar-refractivity contribution in [2.75, 3.05) is 0 Å². The lowest BCUT2D eigenvalue weighted by atomic mass is 10.3. The molecule has 0 unspecified atom stereocenters. The lowest BCUT2D eigenvalue weighted by Crippen LogP contribution is -2.24. The summed E-state index contributed by atoms with van der Waals surface area (Å²) in [4.78, 5) is 0.183. The Morgan fingerprint density at radius 2 is 2.43 bits per heavy atom. The third-order valence-electron chi connectivity index (χ3n) is 0.715. The van der Waals surface area contributed by atoms with E-state index in [0.717, 1.165) is 0 Å². The average Bonchev–Trinajstić information content (AvgIpc) is 1.65. The zero-order chi connectivity index (χ0) is 5.86. The van der Waals surface area contributed by atoms with Crippen LogP contribution in [0.4, 0.5) is 0 Å². The largest absolute Gasteiger partial charge is 0.391 e. The maximum atomic E-state index is 8.67. The van der Waals surface area contributed by atoms with Crippen LogP contribution in [0.1, 0.15) is 13.3 Å². The van der Waals surface area contributed by atoms with Crippen molar-refractivity contribution >= 4 is 17.2 Å². The molecule has 0 heterocycles. The summed E-state index contributed by atoms with van der Waals surface area (Å²) < 4.78 is 0. The number of nitrogens with two attached hydrogens (primary N) is 1. The van der Waals surface area contributed by atoms with E-state index in [2.05, 4.69) is 12.2 Å². The van der Waals surface area contributed by atoms with Crippen molar-refractivity contribution in [3.8, 4) is 0 Å². The smallest absolute Gasteiger partial charge is 0.103 e. The summed E-state index contributed by atoms with van der Waals surface area (Å²) in [7, 11) is 0. The molecule has 0 amide bonds. The summed E-state index contributed by atoms with van der Waals surface area (Å²) in [6, 6.07) is 0. The number of hydrogen-bond donors (Lipinski definition) is 2. The Kier molecular flexibility index (Phi) is 2.87. The van der Waals surface area contributed by atoms with Crippen molar-refractivity contribution in [3.05, 3.63) is 0 Å². The van der Waals surface area contributed by atoms with Gasteiger partial charge in [0.15, 0.2) is 0 Å². The Labute approximate surface area is 48.3 Å². The standard InChI is InChI=1S/C4H9NOS/c1-2-3(6)4(5)7/h3,6H,2H2,1H3,(H2,5,7)/t3-/m0/s1. The van der Waals surface area contributed by atoms with Gasteiger partial charge in [0.25, 0.3) is 0 Å². The predicted molar refractivity (Wildman–Crippen MR) is 33.1 cm³/mol. The van der Waals surface area contributed by atoms with E-state index >= 15 is 0 Å². The third-order valence-corrected chi connectivity index (χ3v) is 0.987. The first-order valence-electron chi connectivity index (χ1n) is 2.16. The van der Waals surface area contributed by atoms with E-state index in [0.29, 0.717) is 6.42 Å². The number of aliphatic hydroxyl groups is 1. The van der Waals surface area contributed by atoms with E-state index in [-0.39, 0.29) is 4.99 Å². The minimum absolute atomic E-state index is 0.183. The van der Waals surface area contributed by atoms with Gasteiger partial charge in [-0.15, -0.1) is 0 Å². The second-order valence-electron chi connectivity index (χ2n) is 1.33. The quantitative estimate of drug-likeness (QED) is 0.505. The minimum Gasteiger partial charge on any atom is -0.391 e. The first-order valence-corrected chi connectivity index (χ1v) is 2.56. The molecule has 3 heteroatoms. The fourth-order valence-electron chi connectivity index (χ4n) is 0.201. The molecule has 42 valence electrons. The van der Waals surface area contributed by atoms with Gasteiger partial charge in [-0.2, -0.15) is 0 Å². The molecule has 0 aliphatic rings. The Balaban J connectivity index is 3.34. The topological polar surface area (TPSA) is 46.2 Å². The van der Waals surface area contributed by atoms with Crippen LogP contribution in [0, 0.1) is 0 Å². The first kappa shape index (κ1) is 6.85. The molecule has 0 rings (SSSR count). The predicted octanol–water partition coefficient (Wildman–Crippen LogP) is 0.0434. The molecular formula is C4H9NOS. The maximum absolute atomic E-state index is 8.67. The molecule has 0 spiro atoms. The van der Waals surface area contributed by atoms with Crippen molar-refractivity contribution in [1.82, 2.24) is 0 Å². The second-order valence-corrected chi connectivity index (χ2v) is 1.80. The molecule has 0 aliphatic carbocycles. The van der Waals surface area contributed by atoms with E-state index in [9.17, 15) is 0 Å². The van der Waals surface area contributed by atoms with Gasteiger partial charge in [-0.25, -0.2) is 0 Å². The number of aliphatic hydroxyl groups excluding tert-OH is 1. The molecule has 7 heavy (non-hydrogen) atoms. The molecule has 0 aromatic rings. The summed E-state index contributed by atoms with van der Waals surface area (Å²) in [5.74, 6) is 0. The summed E-state index contributed by atoms with van der Waals surface area (Å²) in [5, 5.41) is 8.67. The highest BCUT2D eigenvalue weighted by Gasteiger charge is 2.00. The summed E-state index contributed by atoms with van der Waals surface area (Å²) in [5.41, 5.74) is 5.03. The molecule has 1 atom stereocenters. The van der Waals surface area contributed by atoms with E-state index in [1.54, 1.807) is 0 Å². The van der Waals surface area contributed by atoms with Gasteiger partial charge in [0.05, 0.1) is 0 Å². The molecular weight excluding hydrogens is 110 g/mol. The molecule has 0 saturated carbocycles. The fraction of sp³-hybridized carbons (Fsp3) is 0.750. The van der Waals surface area contributed by atoms with Crippen LogP contribution in [0.5, 0.6) is 0 Å². The fourth-order valence-corrected chi connectivity index (χ4v) is 0.368. The zero-order valence-electron chi connectivity index (χ0n) is 4.22. The van der Waals surface area contributed by atoms with Crippen LogP contribution in [0.2, 0.25) is 0 Å². The Hall–Kier alpha value is -0.150. The van der Waals surface area contributed by atoms with Crippen molar-refractivity contribution < 1.29 is 5.11 Å². The number of hydrogen-bond acceptors (Lipinski definition) is 2. The van der Waals surface area contributed by atoms with Gasteiger partial charge in [-0.1, -0.05) is 19.1 Å². The van der Waals surface area contributed by atoms with Gasteiger partial charge in [-0.05, 0) is 6.42 Å². The van der Waals surface area contributed by atoms with Gasteiger partial charge in [0, 0.05) is 0 Å². The van der Waals surface area contributed by atoms with Gasteiger partial charge >= 0.3 is 0 Å². The van der Waals surface area contributed by atoms with Crippen LogP contribution in [-0.2, 0) is 0 Å². The summed E-state index contributed by atoms with van der Waals surface area (Å²) in [6.45, 7) is 1.82. The monoisotopic (exact) mass is 119 g/mol.